The van der Waals surface area contributed by atoms with E-state index >= 15 is 0 Å². The van der Waals surface area contributed by atoms with Gasteiger partial charge < -0.3 is 9.30 Å². The number of hydrogen-bond donors (Lipinski definition) is 0. The first-order valence-corrected chi connectivity index (χ1v) is 9.43. The zero-order valence-corrected chi connectivity index (χ0v) is 15.4. The second-order valence-electron chi connectivity index (χ2n) is 6.59. The molecular weight excluding hydrogens is 332 g/mol. The summed E-state index contributed by atoms with van der Waals surface area (Å²) in [7, 11) is 0. The van der Waals surface area contributed by atoms with Crippen molar-refractivity contribution in [1.29, 1.82) is 0 Å². The number of aryl methyl sites for hydroxylation is 2. The molecule has 130 valence electrons. The quantitative estimate of drug-likeness (QED) is 0.726. The summed E-state index contributed by atoms with van der Waals surface area (Å²) in [6.07, 6.45) is 4.11. The molecule has 3 aromatic heterocycles. The van der Waals surface area contributed by atoms with Crippen molar-refractivity contribution in [2.75, 3.05) is 26.2 Å². The second-order valence-corrected chi connectivity index (χ2v) is 8.05. The van der Waals surface area contributed by atoms with Crippen LogP contribution in [0.2, 0.25) is 0 Å². The molecule has 0 N–H and O–H groups in total. The monoisotopic (exact) mass is 354 g/mol. The Balaban J connectivity index is 1.38. The maximum Gasteiger partial charge on any atom is 0.255 e. The Morgan fingerprint density at radius 1 is 1.20 bits per heavy atom. The van der Waals surface area contributed by atoms with Crippen molar-refractivity contribution < 1.29 is 4.79 Å². The number of rotatable bonds is 3. The van der Waals surface area contributed by atoms with Gasteiger partial charge >= 0.3 is 0 Å². The summed E-state index contributed by atoms with van der Waals surface area (Å²) in [6.45, 7) is 8.26. The molecule has 25 heavy (non-hydrogen) atoms. The number of fused-ring (bicyclic) bond motifs is 1. The van der Waals surface area contributed by atoms with Crippen LogP contribution in [0.4, 0.5) is 0 Å². The van der Waals surface area contributed by atoms with Gasteiger partial charge in [0.2, 0.25) is 0 Å². The molecule has 1 fully saturated rings. The van der Waals surface area contributed by atoms with Gasteiger partial charge in [0.25, 0.3) is 5.91 Å². The van der Waals surface area contributed by atoms with Crippen LogP contribution in [0.1, 0.15) is 25.8 Å². The summed E-state index contributed by atoms with van der Waals surface area (Å²) < 4.78 is 2.05. The summed E-state index contributed by atoms with van der Waals surface area (Å²) in [6, 6.07) is 8.05. The zero-order valence-electron chi connectivity index (χ0n) is 14.6. The van der Waals surface area contributed by atoms with E-state index in [2.05, 4.69) is 27.4 Å². The lowest BCUT2D eigenvalue weighted by molar-refractivity contribution is 0.0627. The van der Waals surface area contributed by atoms with Crippen molar-refractivity contribution in [3.8, 4) is 0 Å². The highest BCUT2D eigenvalue weighted by molar-refractivity contribution is 7.12. The van der Waals surface area contributed by atoms with Crippen LogP contribution in [0, 0.1) is 13.8 Å². The Kier molecular flexibility index (Phi) is 4.31. The number of aromatic nitrogens is 2. The molecule has 4 heterocycles. The predicted molar refractivity (Wildman–Crippen MR) is 100 cm³/mol. The first-order chi connectivity index (χ1) is 12.1. The fraction of sp³-hybridized carbons (Fsp3) is 0.368. The summed E-state index contributed by atoms with van der Waals surface area (Å²) in [4.78, 5) is 24.1. The number of amides is 1. The van der Waals surface area contributed by atoms with Crippen LogP contribution in [-0.4, -0.2) is 51.3 Å². The third-order valence-corrected chi connectivity index (χ3v) is 5.70. The van der Waals surface area contributed by atoms with Gasteiger partial charge in [-0.25, -0.2) is 4.98 Å². The first-order valence-electron chi connectivity index (χ1n) is 8.61. The van der Waals surface area contributed by atoms with E-state index in [4.69, 9.17) is 0 Å². The second kappa shape index (κ2) is 6.61. The van der Waals surface area contributed by atoms with E-state index in [1.54, 1.807) is 11.3 Å². The highest BCUT2D eigenvalue weighted by atomic mass is 32.1. The average Bonchev–Trinajstić information content (AvgIpc) is 3.16. The maximum absolute atomic E-state index is 12.7. The number of carbonyl (C=O) groups excluding carboxylic acids is 1. The molecule has 0 saturated carbocycles. The minimum Gasteiger partial charge on any atom is -0.336 e. The van der Waals surface area contributed by atoms with Gasteiger partial charge in [-0.2, -0.15) is 0 Å². The smallest absolute Gasteiger partial charge is 0.255 e. The van der Waals surface area contributed by atoms with Crippen LogP contribution in [0.3, 0.4) is 0 Å². The number of carbonyl (C=O) groups is 1. The zero-order chi connectivity index (χ0) is 17.4. The number of thiophene rings is 1. The Labute approximate surface area is 151 Å². The molecular formula is C19H22N4OS. The van der Waals surface area contributed by atoms with Crippen LogP contribution in [0.5, 0.6) is 0 Å². The normalized spacial score (nSPS) is 15.8. The van der Waals surface area contributed by atoms with E-state index in [0.29, 0.717) is 0 Å². The summed E-state index contributed by atoms with van der Waals surface area (Å²) in [5, 5.41) is 0. The van der Waals surface area contributed by atoms with E-state index in [9.17, 15) is 4.79 Å². The molecule has 1 amide bonds. The minimum atomic E-state index is 0.175. The minimum absolute atomic E-state index is 0.175. The lowest BCUT2D eigenvalue weighted by atomic mass is 10.2. The van der Waals surface area contributed by atoms with E-state index in [1.165, 1.54) is 4.88 Å². The van der Waals surface area contributed by atoms with Crippen LogP contribution >= 0.6 is 11.3 Å². The van der Waals surface area contributed by atoms with Gasteiger partial charge in [0.15, 0.2) is 0 Å². The van der Waals surface area contributed by atoms with Gasteiger partial charge in [0, 0.05) is 54.9 Å². The Morgan fingerprint density at radius 3 is 2.68 bits per heavy atom. The van der Waals surface area contributed by atoms with Crippen molar-refractivity contribution in [3.05, 3.63) is 57.7 Å². The Morgan fingerprint density at radius 2 is 2.00 bits per heavy atom. The SMILES string of the molecule is Cc1cc(C(=O)N2CCN(Cc3cn4ccccc4n3)CC2)c(C)s1. The Bertz CT molecular complexity index is 872. The fourth-order valence-electron chi connectivity index (χ4n) is 3.42. The van der Waals surface area contributed by atoms with Crippen molar-refractivity contribution in [2.45, 2.75) is 20.4 Å². The van der Waals surface area contributed by atoms with Crippen LogP contribution in [-0.2, 0) is 6.54 Å². The van der Waals surface area contributed by atoms with Crippen LogP contribution in [0.25, 0.3) is 5.65 Å². The predicted octanol–water partition coefficient (Wildman–Crippen LogP) is 2.97. The number of pyridine rings is 1. The molecule has 0 unspecified atom stereocenters. The third-order valence-electron chi connectivity index (χ3n) is 4.73. The van der Waals surface area contributed by atoms with Gasteiger partial charge in [-0.05, 0) is 32.0 Å². The van der Waals surface area contributed by atoms with Gasteiger partial charge in [0.1, 0.15) is 5.65 Å². The molecule has 1 saturated heterocycles. The molecule has 0 radical (unpaired) electrons. The van der Waals surface area contributed by atoms with Crippen molar-refractivity contribution in [1.82, 2.24) is 19.2 Å². The molecule has 0 spiro atoms. The van der Waals surface area contributed by atoms with E-state index < -0.39 is 0 Å². The van der Waals surface area contributed by atoms with Crippen LogP contribution in [0.15, 0.2) is 36.7 Å². The van der Waals surface area contributed by atoms with Crippen molar-refractivity contribution >= 4 is 22.9 Å². The highest BCUT2D eigenvalue weighted by Gasteiger charge is 2.24. The number of piperazine rings is 1. The lowest BCUT2D eigenvalue weighted by Gasteiger charge is -2.34. The summed E-state index contributed by atoms with van der Waals surface area (Å²) in [5.41, 5.74) is 2.93. The van der Waals surface area contributed by atoms with Crippen molar-refractivity contribution in [2.24, 2.45) is 0 Å². The Hall–Kier alpha value is -2.18. The fourth-order valence-corrected chi connectivity index (χ4v) is 4.33. The largest absolute Gasteiger partial charge is 0.336 e. The molecule has 0 atom stereocenters. The molecule has 3 aromatic rings. The molecule has 6 heteroatoms. The standard InChI is InChI=1S/C19H22N4OS/c1-14-11-17(15(2)25-14)19(24)22-9-7-21(8-10-22)12-16-13-23-6-4-3-5-18(23)20-16/h3-6,11,13H,7-10,12H2,1-2H3. The molecule has 1 aliphatic rings. The van der Waals surface area contributed by atoms with Gasteiger partial charge in [-0.1, -0.05) is 6.07 Å². The number of imidazole rings is 1. The van der Waals surface area contributed by atoms with Crippen LogP contribution < -0.4 is 0 Å². The number of hydrogen-bond acceptors (Lipinski definition) is 4. The van der Waals surface area contributed by atoms with Gasteiger partial charge in [-0.15, -0.1) is 11.3 Å². The molecule has 1 aliphatic heterocycles. The lowest BCUT2D eigenvalue weighted by Crippen LogP contribution is -2.48. The summed E-state index contributed by atoms with van der Waals surface area (Å²) >= 11 is 1.70. The third kappa shape index (κ3) is 3.32. The molecule has 0 aromatic carbocycles. The van der Waals surface area contributed by atoms with E-state index in [0.717, 1.165) is 54.5 Å². The molecule has 4 rings (SSSR count). The topological polar surface area (TPSA) is 40.9 Å². The summed E-state index contributed by atoms with van der Waals surface area (Å²) in [5.74, 6) is 0.175. The highest BCUT2D eigenvalue weighted by Crippen LogP contribution is 2.22. The van der Waals surface area contributed by atoms with Gasteiger partial charge in [-0.3, -0.25) is 9.69 Å². The number of nitrogens with zero attached hydrogens (tertiary/aromatic N) is 4. The maximum atomic E-state index is 12.7. The average molecular weight is 354 g/mol. The molecule has 5 nitrogen and oxygen atoms in total. The van der Waals surface area contributed by atoms with E-state index in [1.807, 2.05) is 42.3 Å². The van der Waals surface area contributed by atoms with Crippen molar-refractivity contribution in [3.63, 3.8) is 0 Å². The van der Waals surface area contributed by atoms with E-state index in [-0.39, 0.29) is 5.91 Å². The molecule has 0 bridgehead atoms. The molecule has 0 aliphatic carbocycles. The van der Waals surface area contributed by atoms with Gasteiger partial charge in [0.05, 0.1) is 11.3 Å². The first kappa shape index (κ1) is 16.3.